The Morgan fingerprint density at radius 2 is 2.37 bits per heavy atom. The second-order valence-electron chi connectivity index (χ2n) is 5.67. The number of piperidine rings is 1. The number of ether oxygens (including phenoxy) is 1. The Kier molecular flexibility index (Phi) is 4.76. The lowest BCUT2D eigenvalue weighted by Gasteiger charge is -2.39. The van der Waals surface area contributed by atoms with Crippen molar-refractivity contribution in [2.45, 2.75) is 39.7 Å². The predicted molar refractivity (Wildman–Crippen MR) is 74.9 cm³/mol. The molecule has 1 aromatic heterocycles. The van der Waals surface area contributed by atoms with Crippen LogP contribution in [0.1, 0.15) is 38.9 Å². The minimum atomic E-state index is 0.178. The monoisotopic (exact) mass is 267 g/mol. The van der Waals surface area contributed by atoms with Crippen molar-refractivity contribution < 1.29 is 4.74 Å². The molecule has 1 fully saturated rings. The smallest absolute Gasteiger partial charge is 0.244 e. The number of hydrogen-bond acceptors (Lipinski definition) is 5. The van der Waals surface area contributed by atoms with Gasteiger partial charge < -0.3 is 15.4 Å². The summed E-state index contributed by atoms with van der Waals surface area (Å²) in [5.41, 5.74) is 6.05. The molecule has 6 heteroatoms. The normalized spacial score (nSPS) is 23.8. The molecule has 0 bridgehead atoms. The summed E-state index contributed by atoms with van der Waals surface area (Å²) in [6.07, 6.45) is 3.34. The molecule has 0 aromatic carbocycles. The van der Waals surface area contributed by atoms with Gasteiger partial charge in [-0.3, -0.25) is 5.10 Å². The molecule has 0 saturated carbocycles. The van der Waals surface area contributed by atoms with Crippen LogP contribution in [-0.2, 0) is 11.3 Å². The Labute approximate surface area is 114 Å². The van der Waals surface area contributed by atoms with E-state index in [1.54, 1.807) is 0 Å². The van der Waals surface area contributed by atoms with Gasteiger partial charge in [0.2, 0.25) is 5.95 Å². The fourth-order valence-corrected chi connectivity index (χ4v) is 2.46. The van der Waals surface area contributed by atoms with Crippen LogP contribution in [0, 0.1) is 5.41 Å². The van der Waals surface area contributed by atoms with Gasteiger partial charge in [-0.1, -0.05) is 13.8 Å². The van der Waals surface area contributed by atoms with Gasteiger partial charge in [0, 0.05) is 19.7 Å². The Bertz CT molecular complexity index is 394. The van der Waals surface area contributed by atoms with Crippen LogP contribution in [0.5, 0.6) is 0 Å². The van der Waals surface area contributed by atoms with Crippen molar-refractivity contribution >= 4 is 5.95 Å². The van der Waals surface area contributed by atoms with Gasteiger partial charge in [0.15, 0.2) is 5.82 Å². The second-order valence-corrected chi connectivity index (χ2v) is 5.67. The fourth-order valence-electron chi connectivity index (χ4n) is 2.46. The Balaban J connectivity index is 1.94. The van der Waals surface area contributed by atoms with Crippen LogP contribution in [0.15, 0.2) is 0 Å². The van der Waals surface area contributed by atoms with E-state index in [4.69, 9.17) is 10.5 Å². The van der Waals surface area contributed by atoms with Crippen LogP contribution in [0.4, 0.5) is 5.95 Å². The maximum absolute atomic E-state index is 5.87. The number of anilines is 1. The Morgan fingerprint density at radius 3 is 3.11 bits per heavy atom. The predicted octanol–water partition coefficient (Wildman–Crippen LogP) is 1.30. The third-order valence-electron chi connectivity index (χ3n) is 3.66. The summed E-state index contributed by atoms with van der Waals surface area (Å²) in [5, 5.41) is 7.24. The fraction of sp³-hybridized carbons (Fsp3) is 0.846. The first-order chi connectivity index (χ1) is 9.17. The summed E-state index contributed by atoms with van der Waals surface area (Å²) in [6.45, 7) is 8.22. The molecule has 0 amide bonds. The van der Waals surface area contributed by atoms with E-state index in [-0.39, 0.29) is 5.41 Å². The van der Waals surface area contributed by atoms with Gasteiger partial charge in [-0.2, -0.15) is 4.98 Å². The van der Waals surface area contributed by atoms with Crippen molar-refractivity contribution in [2.75, 3.05) is 31.1 Å². The molecular formula is C13H25N5O. The average molecular weight is 267 g/mol. The summed E-state index contributed by atoms with van der Waals surface area (Å²) in [4.78, 5) is 6.72. The third-order valence-corrected chi connectivity index (χ3v) is 3.66. The number of H-pyrrole nitrogens is 1. The highest BCUT2D eigenvalue weighted by Gasteiger charge is 2.31. The lowest BCUT2D eigenvalue weighted by atomic mass is 9.82. The molecule has 1 aliphatic rings. The third kappa shape index (κ3) is 3.67. The molecule has 1 aliphatic heterocycles. The van der Waals surface area contributed by atoms with E-state index in [0.29, 0.717) is 13.2 Å². The molecule has 1 saturated heterocycles. The first-order valence-corrected chi connectivity index (χ1v) is 7.11. The molecule has 0 radical (unpaired) electrons. The summed E-state index contributed by atoms with van der Waals surface area (Å²) in [6, 6.07) is 0. The van der Waals surface area contributed by atoms with Crippen LogP contribution in [-0.4, -0.2) is 41.4 Å². The van der Waals surface area contributed by atoms with Crippen molar-refractivity contribution in [1.82, 2.24) is 15.2 Å². The zero-order chi connectivity index (χ0) is 13.7. The van der Waals surface area contributed by atoms with Gasteiger partial charge in [0.05, 0.1) is 0 Å². The first kappa shape index (κ1) is 14.3. The standard InChI is InChI=1S/C13H25N5O/c1-3-7-19-8-11-15-12(17-16-11)18-6-4-5-13(2,9-14)10-18/h3-10,14H2,1-2H3,(H,15,16,17). The highest BCUT2D eigenvalue weighted by molar-refractivity contribution is 5.30. The van der Waals surface area contributed by atoms with Crippen molar-refractivity contribution in [3.63, 3.8) is 0 Å². The number of rotatable bonds is 6. The van der Waals surface area contributed by atoms with E-state index in [1.165, 1.54) is 6.42 Å². The summed E-state index contributed by atoms with van der Waals surface area (Å²) < 4.78 is 5.46. The highest BCUT2D eigenvalue weighted by atomic mass is 16.5. The van der Waals surface area contributed by atoms with E-state index >= 15 is 0 Å². The number of nitrogens with one attached hydrogen (secondary N) is 1. The highest BCUT2D eigenvalue weighted by Crippen LogP contribution is 2.29. The molecule has 2 heterocycles. The number of hydrogen-bond donors (Lipinski definition) is 2. The zero-order valence-corrected chi connectivity index (χ0v) is 12.0. The molecule has 108 valence electrons. The van der Waals surface area contributed by atoms with E-state index in [0.717, 1.165) is 44.3 Å². The van der Waals surface area contributed by atoms with E-state index in [9.17, 15) is 0 Å². The van der Waals surface area contributed by atoms with Gasteiger partial charge in [0.25, 0.3) is 0 Å². The van der Waals surface area contributed by atoms with Crippen LogP contribution in [0.2, 0.25) is 0 Å². The quantitative estimate of drug-likeness (QED) is 0.759. The van der Waals surface area contributed by atoms with Crippen molar-refractivity contribution in [2.24, 2.45) is 11.1 Å². The lowest BCUT2D eigenvalue weighted by molar-refractivity contribution is 0.116. The SMILES string of the molecule is CCCOCc1nc(N2CCCC(C)(CN)C2)n[nH]1. The van der Waals surface area contributed by atoms with Crippen molar-refractivity contribution in [1.29, 1.82) is 0 Å². The van der Waals surface area contributed by atoms with E-state index in [1.807, 2.05) is 0 Å². The Morgan fingerprint density at radius 1 is 1.53 bits per heavy atom. The zero-order valence-electron chi connectivity index (χ0n) is 12.0. The van der Waals surface area contributed by atoms with Crippen LogP contribution >= 0.6 is 0 Å². The number of aromatic nitrogens is 3. The topological polar surface area (TPSA) is 80.1 Å². The lowest BCUT2D eigenvalue weighted by Crippen LogP contribution is -2.46. The van der Waals surface area contributed by atoms with Gasteiger partial charge in [-0.15, -0.1) is 5.10 Å². The first-order valence-electron chi connectivity index (χ1n) is 7.11. The summed E-state index contributed by atoms with van der Waals surface area (Å²) in [5.74, 6) is 1.57. The van der Waals surface area contributed by atoms with Crippen molar-refractivity contribution in [3.8, 4) is 0 Å². The van der Waals surface area contributed by atoms with E-state index in [2.05, 4.69) is 33.9 Å². The molecule has 0 aliphatic carbocycles. The maximum Gasteiger partial charge on any atom is 0.244 e. The number of nitrogens with two attached hydrogens (primary N) is 1. The van der Waals surface area contributed by atoms with Crippen molar-refractivity contribution in [3.05, 3.63) is 5.82 Å². The molecular weight excluding hydrogens is 242 g/mol. The second kappa shape index (κ2) is 6.34. The average Bonchev–Trinajstić information content (AvgIpc) is 2.88. The van der Waals surface area contributed by atoms with E-state index < -0.39 is 0 Å². The van der Waals surface area contributed by atoms with Crippen LogP contribution < -0.4 is 10.6 Å². The molecule has 6 nitrogen and oxygen atoms in total. The molecule has 1 atom stereocenters. The molecule has 3 N–H and O–H groups in total. The number of aromatic amines is 1. The minimum absolute atomic E-state index is 0.178. The van der Waals surface area contributed by atoms with Gasteiger partial charge in [0.1, 0.15) is 6.61 Å². The molecule has 0 spiro atoms. The maximum atomic E-state index is 5.87. The summed E-state index contributed by atoms with van der Waals surface area (Å²) >= 11 is 0. The number of nitrogens with zero attached hydrogens (tertiary/aromatic N) is 3. The minimum Gasteiger partial charge on any atom is -0.373 e. The van der Waals surface area contributed by atoms with Crippen LogP contribution in [0.3, 0.4) is 0 Å². The molecule has 1 unspecified atom stereocenters. The van der Waals surface area contributed by atoms with Gasteiger partial charge >= 0.3 is 0 Å². The largest absolute Gasteiger partial charge is 0.373 e. The van der Waals surface area contributed by atoms with Crippen LogP contribution in [0.25, 0.3) is 0 Å². The summed E-state index contributed by atoms with van der Waals surface area (Å²) in [7, 11) is 0. The Hall–Kier alpha value is -1.14. The van der Waals surface area contributed by atoms with Gasteiger partial charge in [-0.25, -0.2) is 0 Å². The molecule has 2 rings (SSSR count). The molecule has 19 heavy (non-hydrogen) atoms. The van der Waals surface area contributed by atoms with Gasteiger partial charge in [-0.05, 0) is 31.2 Å². The molecule has 1 aromatic rings.